The summed E-state index contributed by atoms with van der Waals surface area (Å²) in [5.41, 5.74) is 2.29. The molecule has 0 aromatic heterocycles. The second-order valence-electron chi connectivity index (χ2n) is 7.08. The SMILES string of the molecule is CCOC(=O)Nc1cccc(C(=O)NC2CCN(Cc3ccc(Cl)cc3)CC2)c1. The number of carbonyl (C=O) groups excluding carboxylic acids is 2. The van der Waals surface area contributed by atoms with Gasteiger partial charge in [0.1, 0.15) is 0 Å². The molecule has 0 aliphatic carbocycles. The number of rotatable bonds is 6. The predicted octanol–water partition coefficient (Wildman–Crippen LogP) is 4.30. The smallest absolute Gasteiger partial charge is 0.411 e. The monoisotopic (exact) mass is 415 g/mol. The number of carbonyl (C=O) groups is 2. The minimum Gasteiger partial charge on any atom is -0.450 e. The average molecular weight is 416 g/mol. The predicted molar refractivity (Wildman–Crippen MR) is 114 cm³/mol. The van der Waals surface area contributed by atoms with E-state index in [2.05, 4.69) is 15.5 Å². The van der Waals surface area contributed by atoms with Crippen LogP contribution >= 0.6 is 11.6 Å². The maximum absolute atomic E-state index is 12.6. The Balaban J connectivity index is 1.48. The van der Waals surface area contributed by atoms with Crippen molar-refractivity contribution in [3.8, 4) is 0 Å². The number of piperidine rings is 1. The summed E-state index contributed by atoms with van der Waals surface area (Å²) in [4.78, 5) is 26.5. The molecule has 2 aromatic carbocycles. The molecule has 2 amide bonds. The van der Waals surface area contributed by atoms with Crippen molar-refractivity contribution in [1.82, 2.24) is 10.2 Å². The van der Waals surface area contributed by atoms with Crippen molar-refractivity contribution in [1.29, 1.82) is 0 Å². The standard InChI is InChI=1S/C22H26ClN3O3/c1-2-29-22(28)25-20-5-3-4-17(14-20)21(27)24-19-10-12-26(13-11-19)15-16-6-8-18(23)9-7-16/h3-9,14,19H,2,10-13,15H2,1H3,(H,24,27)(H,25,28). The molecule has 0 atom stereocenters. The normalized spacial score (nSPS) is 15.0. The van der Waals surface area contributed by atoms with Gasteiger partial charge in [-0.25, -0.2) is 4.79 Å². The van der Waals surface area contributed by atoms with Crippen LogP contribution in [0.2, 0.25) is 5.02 Å². The van der Waals surface area contributed by atoms with Gasteiger partial charge < -0.3 is 10.1 Å². The van der Waals surface area contributed by atoms with E-state index in [-0.39, 0.29) is 11.9 Å². The quantitative estimate of drug-likeness (QED) is 0.737. The van der Waals surface area contributed by atoms with Crippen LogP contribution in [0.5, 0.6) is 0 Å². The van der Waals surface area contributed by atoms with Gasteiger partial charge in [0, 0.05) is 41.9 Å². The number of ether oxygens (including phenoxy) is 1. The number of hydrogen-bond donors (Lipinski definition) is 2. The molecule has 7 heteroatoms. The molecule has 6 nitrogen and oxygen atoms in total. The van der Waals surface area contributed by atoms with Crippen molar-refractivity contribution < 1.29 is 14.3 Å². The lowest BCUT2D eigenvalue weighted by molar-refractivity contribution is 0.0909. The van der Waals surface area contributed by atoms with Crippen molar-refractivity contribution in [3.05, 3.63) is 64.7 Å². The number of anilines is 1. The number of amides is 2. The van der Waals surface area contributed by atoms with E-state index in [1.54, 1.807) is 31.2 Å². The van der Waals surface area contributed by atoms with E-state index >= 15 is 0 Å². The molecule has 29 heavy (non-hydrogen) atoms. The summed E-state index contributed by atoms with van der Waals surface area (Å²) < 4.78 is 4.86. The maximum atomic E-state index is 12.6. The summed E-state index contributed by atoms with van der Waals surface area (Å²) in [5, 5.41) is 6.47. The maximum Gasteiger partial charge on any atom is 0.411 e. The zero-order valence-electron chi connectivity index (χ0n) is 16.5. The first-order valence-electron chi connectivity index (χ1n) is 9.85. The van der Waals surface area contributed by atoms with Crippen LogP contribution < -0.4 is 10.6 Å². The van der Waals surface area contributed by atoms with E-state index < -0.39 is 6.09 Å². The third-order valence-corrected chi connectivity index (χ3v) is 5.14. The van der Waals surface area contributed by atoms with Crippen LogP contribution in [0.3, 0.4) is 0 Å². The first-order valence-corrected chi connectivity index (χ1v) is 10.2. The minimum atomic E-state index is -0.530. The van der Waals surface area contributed by atoms with Gasteiger partial charge in [-0.3, -0.25) is 15.0 Å². The highest BCUT2D eigenvalue weighted by molar-refractivity contribution is 6.30. The van der Waals surface area contributed by atoms with Crippen LogP contribution in [-0.4, -0.2) is 42.6 Å². The Kier molecular flexibility index (Phi) is 7.49. The van der Waals surface area contributed by atoms with Crippen LogP contribution in [0.15, 0.2) is 48.5 Å². The summed E-state index contributed by atoms with van der Waals surface area (Å²) in [6.07, 6.45) is 1.28. The number of nitrogens with one attached hydrogen (secondary N) is 2. The Morgan fingerprint density at radius 2 is 1.86 bits per heavy atom. The van der Waals surface area contributed by atoms with E-state index in [0.29, 0.717) is 17.9 Å². The van der Waals surface area contributed by atoms with Crippen molar-refractivity contribution in [3.63, 3.8) is 0 Å². The first kappa shape index (κ1) is 21.1. The third-order valence-electron chi connectivity index (χ3n) is 4.89. The fourth-order valence-corrected chi connectivity index (χ4v) is 3.50. The summed E-state index contributed by atoms with van der Waals surface area (Å²) in [6, 6.07) is 14.9. The molecule has 1 aliphatic heterocycles. The Hall–Kier alpha value is -2.57. The van der Waals surface area contributed by atoms with Crippen LogP contribution in [0, 0.1) is 0 Å². The van der Waals surface area contributed by atoms with Crippen molar-refractivity contribution in [2.45, 2.75) is 32.4 Å². The highest BCUT2D eigenvalue weighted by Gasteiger charge is 2.21. The van der Waals surface area contributed by atoms with E-state index in [1.807, 2.05) is 24.3 Å². The highest BCUT2D eigenvalue weighted by Crippen LogP contribution is 2.17. The Labute approximate surface area is 176 Å². The van der Waals surface area contributed by atoms with Gasteiger partial charge in [-0.2, -0.15) is 0 Å². The first-order chi connectivity index (χ1) is 14.0. The summed E-state index contributed by atoms with van der Waals surface area (Å²) in [7, 11) is 0. The number of halogens is 1. The second-order valence-corrected chi connectivity index (χ2v) is 7.51. The fraction of sp³-hybridized carbons (Fsp3) is 0.364. The lowest BCUT2D eigenvalue weighted by Crippen LogP contribution is -2.44. The summed E-state index contributed by atoms with van der Waals surface area (Å²) in [6.45, 7) is 4.78. The van der Waals surface area contributed by atoms with E-state index in [1.165, 1.54) is 5.56 Å². The fourth-order valence-electron chi connectivity index (χ4n) is 3.38. The molecule has 1 aliphatic rings. The number of hydrogen-bond acceptors (Lipinski definition) is 4. The van der Waals surface area contributed by atoms with Gasteiger partial charge in [0.2, 0.25) is 0 Å². The molecule has 0 bridgehead atoms. The van der Waals surface area contributed by atoms with Gasteiger partial charge in [-0.1, -0.05) is 29.8 Å². The second kappa shape index (κ2) is 10.3. The molecule has 0 radical (unpaired) electrons. The molecular formula is C22H26ClN3O3. The molecule has 3 rings (SSSR count). The van der Waals surface area contributed by atoms with Crippen LogP contribution in [0.4, 0.5) is 10.5 Å². The highest BCUT2D eigenvalue weighted by atomic mass is 35.5. The van der Waals surface area contributed by atoms with Gasteiger partial charge in [-0.05, 0) is 55.7 Å². The number of benzene rings is 2. The Morgan fingerprint density at radius 1 is 1.14 bits per heavy atom. The van der Waals surface area contributed by atoms with Crippen molar-refractivity contribution in [2.24, 2.45) is 0 Å². The van der Waals surface area contributed by atoms with Gasteiger partial charge >= 0.3 is 6.09 Å². The van der Waals surface area contributed by atoms with Gasteiger partial charge in [0.15, 0.2) is 0 Å². The number of likely N-dealkylation sites (tertiary alicyclic amines) is 1. The van der Waals surface area contributed by atoms with Crippen molar-refractivity contribution in [2.75, 3.05) is 25.0 Å². The molecule has 1 saturated heterocycles. The van der Waals surface area contributed by atoms with Crippen LogP contribution in [0.25, 0.3) is 0 Å². The van der Waals surface area contributed by atoms with E-state index in [4.69, 9.17) is 16.3 Å². The average Bonchev–Trinajstić information content (AvgIpc) is 2.71. The summed E-state index contributed by atoms with van der Waals surface area (Å²) in [5.74, 6) is -0.131. The summed E-state index contributed by atoms with van der Waals surface area (Å²) >= 11 is 5.94. The number of nitrogens with zero attached hydrogens (tertiary/aromatic N) is 1. The van der Waals surface area contributed by atoms with Gasteiger partial charge in [0.05, 0.1) is 6.61 Å². The molecule has 1 heterocycles. The molecule has 1 fully saturated rings. The molecule has 154 valence electrons. The molecule has 0 unspecified atom stereocenters. The molecule has 0 spiro atoms. The zero-order chi connectivity index (χ0) is 20.6. The third kappa shape index (κ3) is 6.48. The molecule has 0 saturated carbocycles. The largest absolute Gasteiger partial charge is 0.450 e. The topological polar surface area (TPSA) is 70.7 Å². The van der Waals surface area contributed by atoms with Gasteiger partial charge in [0.25, 0.3) is 5.91 Å². The lowest BCUT2D eigenvalue weighted by Gasteiger charge is -2.32. The van der Waals surface area contributed by atoms with Crippen LogP contribution in [0.1, 0.15) is 35.7 Å². The molecule has 2 aromatic rings. The van der Waals surface area contributed by atoms with Crippen LogP contribution in [-0.2, 0) is 11.3 Å². The Bertz CT molecular complexity index is 833. The zero-order valence-corrected chi connectivity index (χ0v) is 17.2. The minimum absolute atomic E-state index is 0.131. The Morgan fingerprint density at radius 3 is 2.55 bits per heavy atom. The van der Waals surface area contributed by atoms with E-state index in [0.717, 1.165) is 37.5 Å². The van der Waals surface area contributed by atoms with Crippen molar-refractivity contribution >= 4 is 29.3 Å². The van der Waals surface area contributed by atoms with E-state index in [9.17, 15) is 9.59 Å². The lowest BCUT2D eigenvalue weighted by atomic mass is 10.0. The molecule has 2 N–H and O–H groups in total. The van der Waals surface area contributed by atoms with Gasteiger partial charge in [-0.15, -0.1) is 0 Å². The molecular weight excluding hydrogens is 390 g/mol.